The van der Waals surface area contributed by atoms with Crippen molar-refractivity contribution in [2.45, 2.75) is 58.4 Å². The van der Waals surface area contributed by atoms with Crippen molar-refractivity contribution < 1.29 is 13.2 Å². The number of carbonyl (C=O) groups excluding carboxylic acids is 1. The molecule has 158 valence electrons. The van der Waals surface area contributed by atoms with Gasteiger partial charge in [-0.1, -0.05) is 32.0 Å². The number of nitrogens with zero attached hydrogens (tertiary/aromatic N) is 4. The molecule has 8 heteroatoms. The van der Waals surface area contributed by atoms with E-state index in [4.69, 9.17) is 0 Å². The summed E-state index contributed by atoms with van der Waals surface area (Å²) in [6.07, 6.45) is 2.47. The number of para-hydroxylation sites is 1. The van der Waals surface area contributed by atoms with Gasteiger partial charge in [-0.3, -0.25) is 13.8 Å². The van der Waals surface area contributed by atoms with E-state index < -0.39 is 10.0 Å². The zero-order valence-corrected chi connectivity index (χ0v) is 18.5. The van der Waals surface area contributed by atoms with Crippen LogP contribution in [0.2, 0.25) is 0 Å². The standard InChI is InChI=1S/C21H30N4O3S/c1-5-12-23(13-6-2)20(26)15-24-17(4)21(16(3)22-24)29(27,28)25-14-11-18-9-7-8-10-19(18)25/h7-10H,5-6,11-15H2,1-4H3. The molecule has 0 aliphatic carbocycles. The number of fused-ring (bicyclic) bond motifs is 1. The lowest BCUT2D eigenvalue weighted by Gasteiger charge is -2.22. The summed E-state index contributed by atoms with van der Waals surface area (Å²) in [4.78, 5) is 14.8. The van der Waals surface area contributed by atoms with E-state index in [1.165, 1.54) is 8.99 Å². The molecule has 0 saturated carbocycles. The molecule has 1 aliphatic rings. The average Bonchev–Trinajstić information content (AvgIpc) is 3.23. The minimum absolute atomic E-state index is 0.0326. The Morgan fingerprint density at radius 3 is 2.45 bits per heavy atom. The van der Waals surface area contributed by atoms with Crippen molar-refractivity contribution in [2.75, 3.05) is 23.9 Å². The van der Waals surface area contributed by atoms with E-state index in [-0.39, 0.29) is 17.3 Å². The molecule has 3 rings (SSSR count). The molecule has 0 atom stereocenters. The van der Waals surface area contributed by atoms with Crippen LogP contribution < -0.4 is 4.31 Å². The summed E-state index contributed by atoms with van der Waals surface area (Å²) in [5.41, 5.74) is 2.70. The van der Waals surface area contributed by atoms with E-state index in [1.54, 1.807) is 13.8 Å². The van der Waals surface area contributed by atoms with Crippen LogP contribution in [-0.4, -0.2) is 48.6 Å². The zero-order chi connectivity index (χ0) is 21.2. The van der Waals surface area contributed by atoms with Gasteiger partial charge in [0, 0.05) is 19.6 Å². The third-order valence-electron chi connectivity index (χ3n) is 5.33. The Kier molecular flexibility index (Phi) is 6.31. The van der Waals surface area contributed by atoms with Crippen molar-refractivity contribution in [1.82, 2.24) is 14.7 Å². The lowest BCUT2D eigenvalue weighted by Crippen LogP contribution is -2.35. The maximum absolute atomic E-state index is 13.5. The fourth-order valence-corrected chi connectivity index (χ4v) is 5.89. The van der Waals surface area contributed by atoms with Crippen molar-refractivity contribution >= 4 is 21.6 Å². The molecule has 0 saturated heterocycles. The second-order valence-electron chi connectivity index (χ2n) is 7.49. The number of anilines is 1. The van der Waals surface area contributed by atoms with E-state index in [1.807, 2.05) is 43.0 Å². The van der Waals surface area contributed by atoms with Gasteiger partial charge >= 0.3 is 0 Å². The van der Waals surface area contributed by atoms with Gasteiger partial charge in [0.15, 0.2) is 0 Å². The minimum Gasteiger partial charge on any atom is -0.341 e. The first kappa shape index (κ1) is 21.4. The van der Waals surface area contributed by atoms with Gasteiger partial charge in [0.1, 0.15) is 11.4 Å². The molecule has 0 N–H and O–H groups in total. The summed E-state index contributed by atoms with van der Waals surface area (Å²) < 4.78 is 29.9. The second kappa shape index (κ2) is 8.57. The second-order valence-corrected chi connectivity index (χ2v) is 9.29. The Morgan fingerprint density at radius 1 is 1.14 bits per heavy atom. The van der Waals surface area contributed by atoms with Gasteiger partial charge in [0.25, 0.3) is 10.0 Å². The molecule has 1 aromatic heterocycles. The van der Waals surface area contributed by atoms with Crippen molar-refractivity contribution in [3.63, 3.8) is 0 Å². The molecule has 2 heterocycles. The number of amides is 1. The van der Waals surface area contributed by atoms with Crippen molar-refractivity contribution in [2.24, 2.45) is 0 Å². The Bertz CT molecular complexity index is 991. The molecule has 0 radical (unpaired) electrons. The van der Waals surface area contributed by atoms with Gasteiger partial charge in [-0.2, -0.15) is 5.10 Å². The predicted molar refractivity (Wildman–Crippen MR) is 114 cm³/mol. The number of hydrogen-bond acceptors (Lipinski definition) is 4. The molecule has 0 bridgehead atoms. The predicted octanol–water partition coefficient (Wildman–Crippen LogP) is 2.90. The molecule has 7 nitrogen and oxygen atoms in total. The molecule has 2 aromatic rings. The van der Waals surface area contributed by atoms with Gasteiger partial charge in [-0.05, 0) is 44.7 Å². The van der Waals surface area contributed by atoms with Crippen LogP contribution >= 0.6 is 0 Å². The number of aryl methyl sites for hydroxylation is 1. The van der Waals surface area contributed by atoms with Gasteiger partial charge in [-0.15, -0.1) is 0 Å². The van der Waals surface area contributed by atoms with Crippen LogP contribution in [-0.2, 0) is 27.8 Å². The largest absolute Gasteiger partial charge is 0.341 e. The summed E-state index contributed by atoms with van der Waals surface area (Å²) >= 11 is 0. The third kappa shape index (κ3) is 4.03. The van der Waals surface area contributed by atoms with Crippen LogP contribution in [0.15, 0.2) is 29.2 Å². The van der Waals surface area contributed by atoms with E-state index in [2.05, 4.69) is 5.10 Å². The molecule has 1 aliphatic heterocycles. The highest BCUT2D eigenvalue weighted by Crippen LogP contribution is 2.34. The summed E-state index contributed by atoms with van der Waals surface area (Å²) in [6, 6.07) is 7.58. The zero-order valence-electron chi connectivity index (χ0n) is 17.7. The fourth-order valence-electron chi connectivity index (χ4n) is 4.00. The van der Waals surface area contributed by atoms with E-state index >= 15 is 0 Å². The normalized spacial score (nSPS) is 13.6. The molecule has 0 unspecified atom stereocenters. The molecular weight excluding hydrogens is 388 g/mol. The highest BCUT2D eigenvalue weighted by atomic mass is 32.2. The Labute approximate surface area is 173 Å². The number of benzene rings is 1. The first-order valence-electron chi connectivity index (χ1n) is 10.2. The Balaban J connectivity index is 1.91. The van der Waals surface area contributed by atoms with E-state index in [0.717, 1.165) is 24.1 Å². The first-order valence-corrected chi connectivity index (χ1v) is 11.7. The number of rotatable bonds is 8. The van der Waals surface area contributed by atoms with E-state index in [9.17, 15) is 13.2 Å². The maximum Gasteiger partial charge on any atom is 0.268 e. The van der Waals surface area contributed by atoms with Crippen molar-refractivity contribution in [3.05, 3.63) is 41.2 Å². The molecule has 0 spiro atoms. The minimum atomic E-state index is -3.74. The number of hydrogen-bond donors (Lipinski definition) is 0. The summed E-state index contributed by atoms with van der Waals surface area (Å²) in [7, 11) is -3.74. The molecule has 1 aromatic carbocycles. The van der Waals surface area contributed by atoms with E-state index in [0.29, 0.717) is 37.4 Å². The van der Waals surface area contributed by atoms with Gasteiger partial charge < -0.3 is 4.90 Å². The van der Waals surface area contributed by atoms with Gasteiger partial charge in [-0.25, -0.2) is 8.42 Å². The van der Waals surface area contributed by atoms with Gasteiger partial charge in [0.2, 0.25) is 5.91 Å². The third-order valence-corrected chi connectivity index (χ3v) is 7.40. The van der Waals surface area contributed by atoms with Crippen LogP contribution in [0.3, 0.4) is 0 Å². The smallest absolute Gasteiger partial charge is 0.268 e. The monoisotopic (exact) mass is 418 g/mol. The fraction of sp³-hybridized carbons (Fsp3) is 0.524. The van der Waals surface area contributed by atoms with Crippen LogP contribution in [0.1, 0.15) is 43.6 Å². The maximum atomic E-state index is 13.5. The van der Waals surface area contributed by atoms with Crippen LogP contribution in [0.25, 0.3) is 0 Å². The van der Waals surface area contributed by atoms with Crippen LogP contribution in [0.5, 0.6) is 0 Å². The highest BCUT2D eigenvalue weighted by Gasteiger charge is 2.35. The Hall–Kier alpha value is -2.35. The number of aromatic nitrogens is 2. The summed E-state index contributed by atoms with van der Waals surface area (Å²) in [5, 5.41) is 4.41. The molecule has 29 heavy (non-hydrogen) atoms. The number of carbonyl (C=O) groups is 1. The highest BCUT2D eigenvalue weighted by molar-refractivity contribution is 7.93. The topological polar surface area (TPSA) is 75.5 Å². The summed E-state index contributed by atoms with van der Waals surface area (Å²) in [6.45, 7) is 9.37. The Morgan fingerprint density at radius 2 is 1.79 bits per heavy atom. The molecular formula is C21H30N4O3S. The molecule has 1 amide bonds. The quantitative estimate of drug-likeness (QED) is 0.661. The van der Waals surface area contributed by atoms with Gasteiger partial charge in [0.05, 0.1) is 17.1 Å². The van der Waals surface area contributed by atoms with Crippen LogP contribution in [0.4, 0.5) is 5.69 Å². The number of sulfonamides is 1. The SMILES string of the molecule is CCCN(CCC)C(=O)Cn1nc(C)c(S(=O)(=O)N2CCc3ccccc32)c1C. The lowest BCUT2D eigenvalue weighted by atomic mass is 10.2. The first-order chi connectivity index (χ1) is 13.8. The van der Waals surface area contributed by atoms with Crippen molar-refractivity contribution in [3.8, 4) is 0 Å². The average molecular weight is 419 g/mol. The van der Waals surface area contributed by atoms with Crippen molar-refractivity contribution in [1.29, 1.82) is 0 Å². The lowest BCUT2D eigenvalue weighted by molar-refractivity contribution is -0.132. The summed E-state index contributed by atoms with van der Waals surface area (Å²) in [5.74, 6) is -0.0326. The van der Waals surface area contributed by atoms with Crippen LogP contribution in [0, 0.1) is 13.8 Å². The molecule has 0 fully saturated rings.